The van der Waals surface area contributed by atoms with Crippen LogP contribution < -0.4 is 4.74 Å². The van der Waals surface area contributed by atoms with E-state index in [0.29, 0.717) is 12.2 Å². The topological polar surface area (TPSA) is 9.23 Å². The average molecular weight is 435 g/mol. The standard InChI is InChI=1S/C28H44F2O/c1-3-5-7-8-9-21-10-12-22(13-11-21)23-14-16-24(17-15-23)25-18-19-26(28(30)27(25)29)31-20-6-4-2/h18-19,21-24H,3-17,20H2,1-2H3. The van der Waals surface area contributed by atoms with E-state index in [4.69, 9.17) is 4.74 Å². The Morgan fingerprint density at radius 3 is 2.03 bits per heavy atom. The molecule has 0 N–H and O–H groups in total. The molecule has 2 fully saturated rings. The second kappa shape index (κ2) is 12.8. The van der Waals surface area contributed by atoms with Crippen molar-refractivity contribution in [1.29, 1.82) is 0 Å². The zero-order valence-electron chi connectivity index (χ0n) is 19.9. The summed E-state index contributed by atoms with van der Waals surface area (Å²) in [6.45, 7) is 4.78. The van der Waals surface area contributed by atoms with Crippen LogP contribution in [0, 0.1) is 29.4 Å². The largest absolute Gasteiger partial charge is 0.490 e. The molecule has 0 aromatic heterocycles. The van der Waals surface area contributed by atoms with Gasteiger partial charge in [0.1, 0.15) is 0 Å². The van der Waals surface area contributed by atoms with Crippen LogP contribution in [0.25, 0.3) is 0 Å². The van der Waals surface area contributed by atoms with Gasteiger partial charge in [-0.15, -0.1) is 0 Å². The van der Waals surface area contributed by atoms with Crippen molar-refractivity contribution in [2.75, 3.05) is 6.61 Å². The van der Waals surface area contributed by atoms with Crippen LogP contribution in [0.3, 0.4) is 0 Å². The van der Waals surface area contributed by atoms with Crippen LogP contribution in [0.15, 0.2) is 12.1 Å². The molecule has 0 amide bonds. The van der Waals surface area contributed by atoms with Gasteiger partial charge in [0.25, 0.3) is 0 Å². The molecule has 3 heteroatoms. The Morgan fingerprint density at radius 1 is 0.742 bits per heavy atom. The van der Waals surface area contributed by atoms with E-state index in [1.165, 1.54) is 70.6 Å². The molecule has 2 saturated carbocycles. The molecule has 0 unspecified atom stereocenters. The molecule has 2 aliphatic carbocycles. The minimum atomic E-state index is -0.798. The van der Waals surface area contributed by atoms with Gasteiger partial charge in [-0.2, -0.15) is 4.39 Å². The molecule has 3 rings (SSSR count). The first kappa shape index (κ1) is 24.5. The Balaban J connectivity index is 1.44. The van der Waals surface area contributed by atoms with Crippen molar-refractivity contribution >= 4 is 0 Å². The van der Waals surface area contributed by atoms with Crippen molar-refractivity contribution in [2.24, 2.45) is 17.8 Å². The van der Waals surface area contributed by atoms with Crippen LogP contribution in [0.5, 0.6) is 5.75 Å². The minimum absolute atomic E-state index is 0.0647. The van der Waals surface area contributed by atoms with Gasteiger partial charge in [0.2, 0.25) is 5.82 Å². The molecule has 31 heavy (non-hydrogen) atoms. The summed E-state index contributed by atoms with van der Waals surface area (Å²) in [5.41, 5.74) is 0.564. The lowest BCUT2D eigenvalue weighted by molar-refractivity contribution is 0.155. The third-order valence-electron chi connectivity index (χ3n) is 8.07. The smallest absolute Gasteiger partial charge is 0.200 e. The maximum Gasteiger partial charge on any atom is 0.200 e. The highest BCUT2D eigenvalue weighted by Crippen LogP contribution is 2.45. The quantitative estimate of drug-likeness (QED) is 0.315. The average Bonchev–Trinajstić information content (AvgIpc) is 2.80. The summed E-state index contributed by atoms with van der Waals surface area (Å²) in [5, 5.41) is 0. The van der Waals surface area contributed by atoms with Crippen molar-refractivity contribution in [3.63, 3.8) is 0 Å². The molecule has 0 heterocycles. The number of unbranched alkanes of at least 4 members (excludes halogenated alkanes) is 4. The van der Waals surface area contributed by atoms with Gasteiger partial charge in [-0.05, 0) is 80.2 Å². The van der Waals surface area contributed by atoms with E-state index >= 15 is 0 Å². The van der Waals surface area contributed by atoms with Crippen LogP contribution in [0.2, 0.25) is 0 Å². The van der Waals surface area contributed by atoms with Gasteiger partial charge >= 0.3 is 0 Å². The lowest BCUT2D eigenvalue weighted by Crippen LogP contribution is -2.25. The number of rotatable bonds is 11. The van der Waals surface area contributed by atoms with Crippen LogP contribution in [-0.4, -0.2) is 6.61 Å². The maximum absolute atomic E-state index is 14.7. The number of hydrogen-bond acceptors (Lipinski definition) is 1. The summed E-state index contributed by atoms with van der Waals surface area (Å²) in [6.07, 6.45) is 18.7. The normalized spacial score (nSPS) is 26.7. The van der Waals surface area contributed by atoms with E-state index in [1.807, 2.05) is 0 Å². The van der Waals surface area contributed by atoms with Crippen LogP contribution in [0.4, 0.5) is 8.78 Å². The van der Waals surface area contributed by atoms with Crippen molar-refractivity contribution in [3.8, 4) is 5.75 Å². The molecule has 176 valence electrons. The Morgan fingerprint density at radius 2 is 1.39 bits per heavy atom. The number of benzene rings is 1. The summed E-state index contributed by atoms with van der Waals surface area (Å²) in [7, 11) is 0. The summed E-state index contributed by atoms with van der Waals surface area (Å²) >= 11 is 0. The molecule has 0 spiro atoms. The van der Waals surface area contributed by atoms with Gasteiger partial charge in [0.05, 0.1) is 6.61 Å². The summed E-state index contributed by atoms with van der Waals surface area (Å²) in [5.74, 6) is 1.36. The molecular weight excluding hydrogens is 390 g/mol. The minimum Gasteiger partial charge on any atom is -0.490 e. The van der Waals surface area contributed by atoms with E-state index in [2.05, 4.69) is 13.8 Å². The lowest BCUT2D eigenvalue weighted by atomic mass is 9.68. The molecular formula is C28H44F2O. The second-order valence-electron chi connectivity index (χ2n) is 10.2. The van der Waals surface area contributed by atoms with Crippen LogP contribution in [0.1, 0.15) is 122 Å². The van der Waals surface area contributed by atoms with E-state index in [0.717, 1.165) is 43.4 Å². The first-order valence-corrected chi connectivity index (χ1v) is 13.2. The Kier molecular flexibility index (Phi) is 10.1. The molecule has 0 bridgehead atoms. The van der Waals surface area contributed by atoms with Crippen molar-refractivity contribution in [3.05, 3.63) is 29.3 Å². The van der Waals surface area contributed by atoms with Gasteiger partial charge in [0.15, 0.2) is 11.6 Å². The predicted molar refractivity (Wildman–Crippen MR) is 126 cm³/mol. The summed E-state index contributed by atoms with van der Waals surface area (Å²) in [4.78, 5) is 0. The zero-order chi connectivity index (χ0) is 22.1. The maximum atomic E-state index is 14.7. The molecule has 1 aromatic rings. The van der Waals surface area contributed by atoms with Gasteiger partial charge in [-0.3, -0.25) is 0 Å². The molecule has 0 saturated heterocycles. The van der Waals surface area contributed by atoms with Crippen molar-refractivity contribution in [1.82, 2.24) is 0 Å². The number of hydrogen-bond donors (Lipinski definition) is 0. The van der Waals surface area contributed by atoms with Gasteiger partial charge in [-0.1, -0.05) is 71.3 Å². The highest BCUT2D eigenvalue weighted by Gasteiger charge is 2.32. The number of ether oxygens (including phenoxy) is 1. The summed E-state index contributed by atoms with van der Waals surface area (Å²) in [6, 6.07) is 3.41. The zero-order valence-corrected chi connectivity index (χ0v) is 19.9. The monoisotopic (exact) mass is 434 g/mol. The first-order chi connectivity index (χ1) is 15.1. The molecule has 2 aliphatic rings. The molecule has 0 radical (unpaired) electrons. The van der Waals surface area contributed by atoms with E-state index in [-0.39, 0.29) is 11.7 Å². The van der Waals surface area contributed by atoms with Crippen molar-refractivity contribution < 1.29 is 13.5 Å². The number of halogens is 2. The van der Waals surface area contributed by atoms with Gasteiger partial charge in [0, 0.05) is 0 Å². The van der Waals surface area contributed by atoms with Gasteiger partial charge in [-0.25, -0.2) is 4.39 Å². The Hall–Kier alpha value is -1.12. The molecule has 0 aliphatic heterocycles. The molecule has 1 nitrogen and oxygen atoms in total. The lowest BCUT2D eigenvalue weighted by Gasteiger charge is -2.38. The Labute approximate surface area is 189 Å². The fourth-order valence-electron chi connectivity index (χ4n) is 6.01. The van der Waals surface area contributed by atoms with E-state index in [1.54, 1.807) is 12.1 Å². The summed E-state index contributed by atoms with van der Waals surface area (Å²) < 4.78 is 34.7. The predicted octanol–water partition coefficient (Wildman–Crippen LogP) is 9.19. The fourth-order valence-corrected chi connectivity index (χ4v) is 6.01. The Bertz CT molecular complexity index is 643. The van der Waals surface area contributed by atoms with Gasteiger partial charge < -0.3 is 4.74 Å². The third-order valence-corrected chi connectivity index (χ3v) is 8.07. The highest BCUT2D eigenvalue weighted by atomic mass is 19.2. The van der Waals surface area contributed by atoms with E-state index < -0.39 is 11.6 Å². The van der Waals surface area contributed by atoms with Crippen molar-refractivity contribution in [2.45, 2.75) is 116 Å². The highest BCUT2D eigenvalue weighted by molar-refractivity contribution is 5.33. The van der Waals surface area contributed by atoms with E-state index in [9.17, 15) is 8.78 Å². The fraction of sp³-hybridized carbons (Fsp3) is 0.786. The molecule has 0 atom stereocenters. The van der Waals surface area contributed by atoms with Crippen LogP contribution >= 0.6 is 0 Å². The molecule has 1 aromatic carbocycles. The first-order valence-electron chi connectivity index (χ1n) is 13.2. The SMILES string of the molecule is CCCCCCC1CCC(C2CCC(c3ccc(OCCCC)c(F)c3F)CC2)CC1. The second-order valence-corrected chi connectivity index (χ2v) is 10.2. The third kappa shape index (κ3) is 6.93. The van der Waals surface area contributed by atoms with Crippen LogP contribution in [-0.2, 0) is 0 Å².